The van der Waals surface area contributed by atoms with Crippen LogP contribution in [0.15, 0.2) is 23.3 Å². The Hall–Kier alpha value is -2.70. The molecule has 0 aromatic heterocycles. The van der Waals surface area contributed by atoms with Crippen LogP contribution in [0, 0.1) is 6.92 Å². The second-order valence-electron chi connectivity index (χ2n) is 6.07. The van der Waals surface area contributed by atoms with E-state index >= 15 is 0 Å². The van der Waals surface area contributed by atoms with Gasteiger partial charge in [0.05, 0.1) is 0 Å². The SMILES string of the molecule is Cc1cc(NC(=O)C2=NN(C)C(=O)CC2)ccc1N1CCCC1=O. The number of amides is 3. The van der Waals surface area contributed by atoms with E-state index in [-0.39, 0.29) is 24.1 Å². The number of hydrogen-bond donors (Lipinski definition) is 1. The van der Waals surface area contributed by atoms with Gasteiger partial charge in [-0.2, -0.15) is 5.10 Å². The predicted octanol–water partition coefficient (Wildman–Crippen LogP) is 1.67. The van der Waals surface area contributed by atoms with Crippen molar-refractivity contribution >= 4 is 34.8 Å². The fourth-order valence-electron chi connectivity index (χ4n) is 2.98. The molecule has 24 heavy (non-hydrogen) atoms. The molecule has 7 nitrogen and oxygen atoms in total. The zero-order valence-electron chi connectivity index (χ0n) is 13.8. The molecule has 126 valence electrons. The highest BCUT2D eigenvalue weighted by Gasteiger charge is 2.24. The summed E-state index contributed by atoms with van der Waals surface area (Å²) < 4.78 is 0. The van der Waals surface area contributed by atoms with Gasteiger partial charge in [0.1, 0.15) is 5.71 Å². The average Bonchev–Trinajstić information content (AvgIpc) is 2.96. The van der Waals surface area contributed by atoms with Crippen molar-refractivity contribution in [3.05, 3.63) is 23.8 Å². The van der Waals surface area contributed by atoms with E-state index in [9.17, 15) is 14.4 Å². The first-order valence-corrected chi connectivity index (χ1v) is 8.02. The van der Waals surface area contributed by atoms with Crippen LogP contribution in [0.1, 0.15) is 31.2 Å². The molecule has 1 saturated heterocycles. The molecule has 0 atom stereocenters. The van der Waals surface area contributed by atoms with Crippen LogP contribution in [-0.2, 0) is 14.4 Å². The maximum Gasteiger partial charge on any atom is 0.271 e. The van der Waals surface area contributed by atoms with Crippen LogP contribution in [0.3, 0.4) is 0 Å². The van der Waals surface area contributed by atoms with Gasteiger partial charge in [-0.05, 0) is 37.1 Å². The third-order valence-electron chi connectivity index (χ3n) is 4.29. The van der Waals surface area contributed by atoms with Crippen molar-refractivity contribution in [2.45, 2.75) is 32.6 Å². The number of hydrazone groups is 1. The van der Waals surface area contributed by atoms with Crippen molar-refractivity contribution in [2.75, 3.05) is 23.8 Å². The lowest BCUT2D eigenvalue weighted by molar-refractivity contribution is -0.130. The number of nitrogens with one attached hydrogen (secondary N) is 1. The monoisotopic (exact) mass is 328 g/mol. The number of rotatable bonds is 3. The van der Waals surface area contributed by atoms with Crippen molar-refractivity contribution in [2.24, 2.45) is 5.10 Å². The largest absolute Gasteiger partial charge is 0.321 e. The van der Waals surface area contributed by atoms with Crippen molar-refractivity contribution < 1.29 is 14.4 Å². The first-order valence-electron chi connectivity index (χ1n) is 8.02. The normalized spacial score (nSPS) is 18.0. The van der Waals surface area contributed by atoms with E-state index in [2.05, 4.69) is 10.4 Å². The van der Waals surface area contributed by atoms with Crippen molar-refractivity contribution in [1.82, 2.24) is 5.01 Å². The maximum atomic E-state index is 12.3. The lowest BCUT2D eigenvalue weighted by atomic mass is 10.1. The summed E-state index contributed by atoms with van der Waals surface area (Å²) >= 11 is 0. The molecule has 2 aliphatic rings. The van der Waals surface area contributed by atoms with Crippen LogP contribution < -0.4 is 10.2 Å². The standard InChI is InChI=1S/C17H20N4O3/c1-11-10-12(5-7-14(11)21-9-3-4-16(21)23)18-17(24)13-6-8-15(22)20(2)19-13/h5,7,10H,3-4,6,8-9H2,1-2H3,(H,18,24). The molecule has 0 bridgehead atoms. The zero-order valence-corrected chi connectivity index (χ0v) is 13.8. The Balaban J connectivity index is 1.73. The van der Waals surface area contributed by atoms with Crippen LogP contribution in [-0.4, -0.2) is 42.0 Å². The van der Waals surface area contributed by atoms with E-state index < -0.39 is 0 Å². The number of benzene rings is 1. The number of carbonyl (C=O) groups is 3. The summed E-state index contributed by atoms with van der Waals surface area (Å²) in [6.07, 6.45) is 2.10. The Kier molecular flexibility index (Phi) is 4.33. The summed E-state index contributed by atoms with van der Waals surface area (Å²) in [5, 5.41) is 8.01. The van der Waals surface area contributed by atoms with E-state index in [0.717, 1.165) is 24.2 Å². The van der Waals surface area contributed by atoms with E-state index in [1.54, 1.807) is 18.0 Å². The van der Waals surface area contributed by atoms with Crippen LogP contribution in [0.4, 0.5) is 11.4 Å². The lowest BCUT2D eigenvalue weighted by Gasteiger charge is -2.20. The first-order chi connectivity index (χ1) is 11.5. The van der Waals surface area contributed by atoms with E-state index in [1.165, 1.54) is 5.01 Å². The van der Waals surface area contributed by atoms with Gasteiger partial charge in [0.15, 0.2) is 0 Å². The zero-order chi connectivity index (χ0) is 17.3. The molecule has 1 N–H and O–H groups in total. The molecule has 3 amide bonds. The Bertz CT molecular complexity index is 741. The summed E-state index contributed by atoms with van der Waals surface area (Å²) in [4.78, 5) is 37.3. The molecule has 1 aromatic carbocycles. The topological polar surface area (TPSA) is 82.1 Å². The molecule has 2 aliphatic heterocycles. The third kappa shape index (κ3) is 3.15. The van der Waals surface area contributed by atoms with Crippen molar-refractivity contribution in [3.63, 3.8) is 0 Å². The summed E-state index contributed by atoms with van der Waals surface area (Å²) in [7, 11) is 1.54. The molecule has 1 aromatic rings. The highest BCUT2D eigenvalue weighted by Crippen LogP contribution is 2.27. The molecule has 0 radical (unpaired) electrons. The highest BCUT2D eigenvalue weighted by atomic mass is 16.2. The molecule has 7 heteroatoms. The van der Waals surface area contributed by atoms with Gasteiger partial charge in [-0.25, -0.2) is 5.01 Å². The number of carbonyl (C=O) groups excluding carboxylic acids is 3. The second kappa shape index (κ2) is 6.43. The Morgan fingerprint density at radius 1 is 1.17 bits per heavy atom. The van der Waals surface area contributed by atoms with Crippen LogP contribution in [0.2, 0.25) is 0 Å². The molecular weight excluding hydrogens is 308 g/mol. The van der Waals surface area contributed by atoms with Crippen molar-refractivity contribution in [1.29, 1.82) is 0 Å². The molecule has 3 rings (SSSR count). The fraction of sp³-hybridized carbons (Fsp3) is 0.412. The summed E-state index contributed by atoms with van der Waals surface area (Å²) in [5.74, 6) is -0.264. The number of aryl methyl sites for hydroxylation is 1. The lowest BCUT2D eigenvalue weighted by Crippen LogP contribution is -2.34. The van der Waals surface area contributed by atoms with Gasteiger partial charge in [-0.3, -0.25) is 14.4 Å². The highest BCUT2D eigenvalue weighted by molar-refractivity contribution is 6.43. The molecule has 2 heterocycles. The molecule has 0 saturated carbocycles. The average molecular weight is 328 g/mol. The van der Waals surface area contributed by atoms with Gasteiger partial charge in [-0.1, -0.05) is 0 Å². The minimum Gasteiger partial charge on any atom is -0.321 e. The van der Waals surface area contributed by atoms with Crippen LogP contribution in [0.25, 0.3) is 0 Å². The smallest absolute Gasteiger partial charge is 0.271 e. The van der Waals surface area contributed by atoms with Crippen molar-refractivity contribution in [3.8, 4) is 0 Å². The second-order valence-corrected chi connectivity index (χ2v) is 6.07. The predicted molar refractivity (Wildman–Crippen MR) is 90.8 cm³/mol. The minimum atomic E-state index is -0.307. The molecule has 0 aliphatic carbocycles. The minimum absolute atomic E-state index is 0.0953. The molecule has 0 unspecified atom stereocenters. The molecular formula is C17H20N4O3. The van der Waals surface area contributed by atoms with Gasteiger partial charge in [-0.15, -0.1) is 0 Å². The van der Waals surface area contributed by atoms with Gasteiger partial charge < -0.3 is 10.2 Å². The van der Waals surface area contributed by atoms with Gasteiger partial charge in [0.25, 0.3) is 5.91 Å². The Labute approximate surface area is 140 Å². The number of hydrogen-bond acceptors (Lipinski definition) is 4. The quantitative estimate of drug-likeness (QED) is 0.916. The van der Waals surface area contributed by atoms with Gasteiger partial charge >= 0.3 is 0 Å². The summed E-state index contributed by atoms with van der Waals surface area (Å²) in [6, 6.07) is 5.48. The number of nitrogens with zero attached hydrogens (tertiary/aromatic N) is 3. The van der Waals surface area contributed by atoms with E-state index in [0.29, 0.717) is 24.2 Å². The fourth-order valence-corrected chi connectivity index (χ4v) is 2.98. The van der Waals surface area contributed by atoms with E-state index in [4.69, 9.17) is 0 Å². The van der Waals surface area contributed by atoms with Gasteiger partial charge in [0.2, 0.25) is 11.8 Å². The Morgan fingerprint density at radius 2 is 1.96 bits per heavy atom. The summed E-state index contributed by atoms with van der Waals surface area (Å²) in [6.45, 7) is 2.66. The third-order valence-corrected chi connectivity index (χ3v) is 4.29. The number of anilines is 2. The molecule has 0 spiro atoms. The maximum absolute atomic E-state index is 12.3. The van der Waals surface area contributed by atoms with Crippen LogP contribution in [0.5, 0.6) is 0 Å². The Morgan fingerprint density at radius 3 is 2.58 bits per heavy atom. The molecule has 1 fully saturated rings. The van der Waals surface area contributed by atoms with E-state index in [1.807, 2.05) is 19.1 Å². The summed E-state index contributed by atoms with van der Waals surface area (Å²) in [5.41, 5.74) is 2.81. The van der Waals surface area contributed by atoms with Crippen LogP contribution >= 0.6 is 0 Å². The first kappa shape index (κ1) is 16.2. The van der Waals surface area contributed by atoms with Gasteiger partial charge in [0, 0.05) is 44.2 Å².